The van der Waals surface area contributed by atoms with Crippen molar-refractivity contribution in [2.75, 3.05) is 6.61 Å². The Balaban J connectivity index is 0.00000753. The number of fused-ring (bicyclic) bond motifs is 8. The van der Waals surface area contributed by atoms with Crippen molar-refractivity contribution >= 4 is 75.9 Å². The summed E-state index contributed by atoms with van der Waals surface area (Å²) >= 11 is 0. The SMILES string of the molecule is CC(=O)OC[C@H]1O[C@@H](OCc2cn(-c3ccc(-c4c5nc(c(-c6ccc(N=[N+]=[N-])cc6)c6ccc([n-]6)c(-c6ccccc6)c6nc(c(-c7ccccc7)c7ccc4[n-]7)C=C6)C=C5)cc3)nn2)[C@H](OC(C)=O)[C@@H](OC(C)=O)[C@@H]1OC(C)=O.[Zn+2]. The summed E-state index contributed by atoms with van der Waals surface area (Å²) in [5.74, 6) is -2.93. The van der Waals surface area contributed by atoms with Crippen LogP contribution in [0.4, 0.5) is 5.69 Å². The van der Waals surface area contributed by atoms with Crippen molar-refractivity contribution in [3.63, 3.8) is 0 Å². The summed E-state index contributed by atoms with van der Waals surface area (Å²) < 4.78 is 35.6. The Morgan fingerprint density at radius 3 is 1.46 bits per heavy atom. The summed E-state index contributed by atoms with van der Waals surface area (Å²) in [6.07, 6.45) is 2.83. The van der Waals surface area contributed by atoms with Gasteiger partial charge in [-0.1, -0.05) is 132 Å². The topological polar surface area (TPSA) is 257 Å². The Morgan fingerprint density at radius 2 is 1.01 bits per heavy atom. The zero-order valence-corrected chi connectivity index (χ0v) is 47.6. The molecule has 1 fully saturated rings. The predicted octanol–water partition coefficient (Wildman–Crippen LogP) is 10.7. The van der Waals surface area contributed by atoms with Gasteiger partial charge in [-0.05, 0) is 86.5 Å². The van der Waals surface area contributed by atoms with Crippen molar-refractivity contribution in [2.24, 2.45) is 5.11 Å². The van der Waals surface area contributed by atoms with Gasteiger partial charge in [-0.2, -0.15) is 0 Å². The van der Waals surface area contributed by atoms with Crippen molar-refractivity contribution in [1.29, 1.82) is 0 Å². The minimum atomic E-state index is -1.42. The van der Waals surface area contributed by atoms with E-state index in [2.05, 4.69) is 32.5 Å². The zero-order chi connectivity index (χ0) is 56.1. The number of carbonyl (C=O) groups excluding carboxylic acids is 4. The van der Waals surface area contributed by atoms with Gasteiger partial charge in [0, 0.05) is 38.3 Å². The number of azide groups is 1. The molecular weight excluding hydrogens is 1100 g/mol. The van der Waals surface area contributed by atoms with Crippen LogP contribution in [0.5, 0.6) is 0 Å². The third kappa shape index (κ3) is 11.9. The van der Waals surface area contributed by atoms with Gasteiger partial charge < -0.3 is 38.4 Å². The second-order valence-corrected chi connectivity index (χ2v) is 18.9. The molecule has 8 aromatic rings. The van der Waals surface area contributed by atoms with E-state index in [1.807, 2.05) is 133 Å². The van der Waals surface area contributed by atoms with E-state index in [1.165, 1.54) is 6.92 Å². The fraction of sp³-hybridized carbons (Fsp3) is 0.180. The van der Waals surface area contributed by atoms with E-state index in [0.717, 1.165) is 82.2 Å². The van der Waals surface area contributed by atoms with Crippen LogP contribution in [0.1, 0.15) is 56.2 Å². The van der Waals surface area contributed by atoms with Crippen LogP contribution >= 0.6 is 0 Å². The molecule has 7 heterocycles. The molecule has 4 aromatic carbocycles. The van der Waals surface area contributed by atoms with Crippen molar-refractivity contribution < 1.29 is 67.1 Å². The zero-order valence-electron chi connectivity index (χ0n) is 44.7. The van der Waals surface area contributed by atoms with Crippen LogP contribution in [0.25, 0.3) is 107 Å². The molecule has 0 amide bonds. The number of carbonyl (C=O) groups is 4. The Labute approximate surface area is 481 Å². The summed E-state index contributed by atoms with van der Waals surface area (Å²) in [6, 6.07) is 43.0. The smallest absolute Gasteiger partial charge is 0.657 e. The molecule has 4 aromatic heterocycles. The monoisotopic (exact) mass is 1140 g/mol. The first-order valence-corrected chi connectivity index (χ1v) is 25.6. The maximum Gasteiger partial charge on any atom is 2.00 e. The van der Waals surface area contributed by atoms with E-state index in [1.54, 1.807) is 23.0 Å². The van der Waals surface area contributed by atoms with E-state index < -0.39 is 61.2 Å². The van der Waals surface area contributed by atoms with Crippen LogP contribution in [0.3, 0.4) is 0 Å². The Bertz CT molecular complexity index is 4020. The Morgan fingerprint density at radius 1 is 0.573 bits per heavy atom. The van der Waals surface area contributed by atoms with Gasteiger partial charge in [0.1, 0.15) is 18.4 Å². The van der Waals surface area contributed by atoms with E-state index in [-0.39, 0.29) is 26.1 Å². The molecule has 8 bridgehead atoms. The molecule has 0 saturated carbocycles. The Hall–Kier alpha value is -9.65. The van der Waals surface area contributed by atoms with Gasteiger partial charge in [0.25, 0.3) is 0 Å². The van der Waals surface area contributed by atoms with Crippen molar-refractivity contribution in [3.8, 4) is 50.2 Å². The number of benzene rings is 4. The largest absolute Gasteiger partial charge is 2.00 e. The quantitative estimate of drug-likeness (QED) is 0.0245. The van der Waals surface area contributed by atoms with Crippen LogP contribution in [0.15, 0.2) is 145 Å². The number of esters is 4. The fourth-order valence-electron chi connectivity index (χ4n) is 9.99. The van der Waals surface area contributed by atoms with Crippen LogP contribution in [0.2, 0.25) is 0 Å². The molecule has 11 rings (SSSR count). The molecule has 21 heteroatoms. The summed E-state index contributed by atoms with van der Waals surface area (Å²) in [5.41, 5.74) is 22.8. The number of nitrogens with zero attached hydrogens (tertiary/aromatic N) is 10. The first-order chi connectivity index (χ1) is 39.4. The number of rotatable bonds is 14. The summed E-state index contributed by atoms with van der Waals surface area (Å²) in [6.45, 7) is 3.97. The normalized spacial score (nSPS) is 17.0. The number of hydrogen-bond donors (Lipinski definition) is 0. The van der Waals surface area contributed by atoms with Crippen LogP contribution in [-0.2, 0) is 73.7 Å². The minimum Gasteiger partial charge on any atom is -0.657 e. The third-order valence-corrected chi connectivity index (χ3v) is 13.4. The van der Waals surface area contributed by atoms with Crippen LogP contribution in [0, 0.1) is 0 Å². The van der Waals surface area contributed by atoms with Gasteiger partial charge in [0.2, 0.25) is 0 Å². The molecule has 82 heavy (non-hydrogen) atoms. The number of hydrogen-bond acceptors (Lipinski definition) is 15. The van der Waals surface area contributed by atoms with Gasteiger partial charge in [-0.15, -0.1) is 27.2 Å². The fourth-order valence-corrected chi connectivity index (χ4v) is 9.99. The Kier molecular flexibility index (Phi) is 16.5. The summed E-state index contributed by atoms with van der Waals surface area (Å²) in [4.78, 5) is 73.2. The molecule has 20 nitrogen and oxygen atoms in total. The molecular formula is C61H48N10O10Zn. The first-order valence-electron chi connectivity index (χ1n) is 25.6. The molecule has 0 unspecified atom stereocenters. The van der Waals surface area contributed by atoms with Gasteiger partial charge in [0.05, 0.1) is 41.3 Å². The average molecular weight is 1150 g/mol. The minimum absolute atomic E-state index is 0. The molecule has 0 aliphatic carbocycles. The van der Waals surface area contributed by atoms with E-state index >= 15 is 0 Å². The van der Waals surface area contributed by atoms with Gasteiger partial charge in [-0.3, -0.25) is 19.2 Å². The number of aromatic nitrogens is 7. The van der Waals surface area contributed by atoms with Crippen molar-refractivity contribution in [2.45, 2.75) is 65.0 Å². The van der Waals surface area contributed by atoms with Crippen LogP contribution in [-0.4, -0.2) is 86.2 Å². The maximum absolute atomic E-state index is 12.4. The molecule has 0 radical (unpaired) electrons. The predicted molar refractivity (Wildman–Crippen MR) is 299 cm³/mol. The molecule has 1 saturated heterocycles. The average Bonchev–Trinajstić information content (AvgIpc) is 4.47. The molecule has 3 aliphatic rings. The third-order valence-electron chi connectivity index (χ3n) is 13.4. The second-order valence-electron chi connectivity index (χ2n) is 18.9. The van der Waals surface area contributed by atoms with E-state index in [0.29, 0.717) is 45.0 Å². The maximum atomic E-state index is 12.4. The molecule has 0 spiro atoms. The standard InChI is InChI=1S/C61H48N10O10.Zn/c1-34(72)76-33-53-58(78-35(2)73)59(79-36(3)74)60(80-37(4)75)61(81-53)77-32-43-31-71(70-68-43)44-21-17-41(18-22-44)57-51-28-26-48(65-51)55(39-13-9-6-10-14-39)46-24-23-45(63-46)54(38-11-7-5-8-12-38)47-25-27-49(64-47)56(50-29-30-52(57)66-50)40-15-19-42(20-16-40)67-69-62;/h5-31,53,58-61H,32-33H2,1-4H3;/q-2;+2/t53-,58-,59+,60-,61-;/m1./s1. The molecule has 0 N–H and O–H groups in total. The van der Waals surface area contributed by atoms with Gasteiger partial charge in [0.15, 0.2) is 24.6 Å². The summed E-state index contributed by atoms with van der Waals surface area (Å²) in [7, 11) is 0. The van der Waals surface area contributed by atoms with Crippen molar-refractivity contribution in [1.82, 2.24) is 34.9 Å². The van der Waals surface area contributed by atoms with E-state index in [4.69, 9.17) is 48.4 Å². The van der Waals surface area contributed by atoms with Gasteiger partial charge >= 0.3 is 43.4 Å². The first kappa shape index (κ1) is 55.7. The molecule has 5 atom stereocenters. The second kappa shape index (κ2) is 24.4. The van der Waals surface area contributed by atoms with E-state index in [9.17, 15) is 24.7 Å². The number of ether oxygens (including phenoxy) is 6. The molecule has 404 valence electrons. The molecule has 3 aliphatic heterocycles. The van der Waals surface area contributed by atoms with Gasteiger partial charge in [-0.25, -0.2) is 14.6 Å². The summed E-state index contributed by atoms with van der Waals surface area (Å²) in [5, 5.41) is 12.5. The van der Waals surface area contributed by atoms with Crippen LogP contribution < -0.4 is 9.97 Å². The van der Waals surface area contributed by atoms with Crippen molar-refractivity contribution in [3.05, 3.63) is 179 Å².